The predicted octanol–water partition coefficient (Wildman–Crippen LogP) is 1.11. The fourth-order valence-electron chi connectivity index (χ4n) is 1.30. The fourth-order valence-corrected chi connectivity index (χ4v) is 1.30. The molecule has 0 unspecified atom stereocenters. The Morgan fingerprint density at radius 1 is 1.45 bits per heavy atom. The Labute approximate surface area is 69.5 Å². The summed E-state index contributed by atoms with van der Waals surface area (Å²) in [7, 11) is 0. The van der Waals surface area contributed by atoms with Gasteiger partial charge in [-0.2, -0.15) is 0 Å². The van der Waals surface area contributed by atoms with Crippen LogP contribution in [-0.2, 0) is 0 Å². The summed E-state index contributed by atoms with van der Waals surface area (Å²) in [4.78, 5) is 0. The van der Waals surface area contributed by atoms with Crippen LogP contribution in [0.25, 0.3) is 0 Å². The van der Waals surface area contributed by atoms with Crippen molar-refractivity contribution in [2.45, 2.75) is 38.6 Å². The molecule has 0 spiro atoms. The van der Waals surface area contributed by atoms with Gasteiger partial charge in [0, 0.05) is 12.1 Å². The van der Waals surface area contributed by atoms with Gasteiger partial charge in [0.2, 0.25) is 0 Å². The molecule has 0 aliphatic heterocycles. The van der Waals surface area contributed by atoms with Crippen LogP contribution in [0.1, 0.15) is 33.1 Å². The van der Waals surface area contributed by atoms with Crippen molar-refractivity contribution in [3.05, 3.63) is 0 Å². The maximum Gasteiger partial charge on any atom is 0.0223 e. The monoisotopic (exact) mass is 156 g/mol. The maximum absolute atomic E-state index is 5.82. The number of rotatable bonds is 4. The van der Waals surface area contributed by atoms with Crippen molar-refractivity contribution in [2.24, 2.45) is 11.7 Å². The number of hydrogen-bond donors (Lipinski definition) is 2. The van der Waals surface area contributed by atoms with Gasteiger partial charge in [-0.1, -0.05) is 6.42 Å². The van der Waals surface area contributed by atoms with Crippen molar-refractivity contribution in [2.75, 3.05) is 13.1 Å². The van der Waals surface area contributed by atoms with E-state index in [1.807, 2.05) is 0 Å². The molecule has 0 heterocycles. The van der Waals surface area contributed by atoms with Crippen LogP contribution in [0.3, 0.4) is 0 Å². The highest BCUT2D eigenvalue weighted by Gasteiger charge is 2.17. The average molecular weight is 156 g/mol. The molecule has 1 aliphatic carbocycles. The minimum absolute atomic E-state index is 0.0518. The molecule has 0 aromatic carbocycles. The number of nitrogens with two attached hydrogens (primary N) is 1. The first-order valence-electron chi connectivity index (χ1n) is 4.57. The van der Waals surface area contributed by atoms with Crippen LogP contribution in [0.15, 0.2) is 0 Å². The van der Waals surface area contributed by atoms with Crippen LogP contribution >= 0.6 is 0 Å². The van der Waals surface area contributed by atoms with Crippen LogP contribution in [0.5, 0.6) is 0 Å². The van der Waals surface area contributed by atoms with Crippen molar-refractivity contribution >= 4 is 0 Å². The molecule has 0 amide bonds. The molecule has 1 saturated carbocycles. The first kappa shape index (κ1) is 9.01. The minimum Gasteiger partial charge on any atom is -0.324 e. The molecular weight excluding hydrogens is 136 g/mol. The standard InChI is InChI=1S/C9H20N2/c1-9(2,10)7-11-6-8-4-3-5-8/h8,11H,3-7,10H2,1-2H3. The summed E-state index contributed by atoms with van der Waals surface area (Å²) >= 11 is 0. The molecule has 1 rings (SSSR count). The van der Waals surface area contributed by atoms with Gasteiger partial charge in [-0.25, -0.2) is 0 Å². The Morgan fingerprint density at radius 2 is 2.09 bits per heavy atom. The lowest BCUT2D eigenvalue weighted by atomic mass is 9.85. The lowest BCUT2D eigenvalue weighted by Gasteiger charge is -2.27. The van der Waals surface area contributed by atoms with Crippen LogP contribution in [-0.4, -0.2) is 18.6 Å². The number of hydrogen-bond acceptors (Lipinski definition) is 2. The average Bonchev–Trinajstić information content (AvgIpc) is 1.73. The molecule has 0 aromatic heterocycles. The molecule has 2 heteroatoms. The van der Waals surface area contributed by atoms with Crippen molar-refractivity contribution < 1.29 is 0 Å². The second kappa shape index (κ2) is 3.55. The molecule has 1 fully saturated rings. The minimum atomic E-state index is -0.0518. The Hall–Kier alpha value is -0.0800. The highest BCUT2D eigenvalue weighted by molar-refractivity contribution is 4.77. The van der Waals surface area contributed by atoms with Crippen molar-refractivity contribution in [1.29, 1.82) is 0 Å². The van der Waals surface area contributed by atoms with Gasteiger partial charge in [0.05, 0.1) is 0 Å². The van der Waals surface area contributed by atoms with Gasteiger partial charge in [-0.3, -0.25) is 0 Å². The molecule has 0 atom stereocenters. The van der Waals surface area contributed by atoms with E-state index in [2.05, 4.69) is 19.2 Å². The third-order valence-electron chi connectivity index (χ3n) is 2.24. The summed E-state index contributed by atoms with van der Waals surface area (Å²) in [5.41, 5.74) is 5.77. The quantitative estimate of drug-likeness (QED) is 0.640. The van der Waals surface area contributed by atoms with E-state index in [9.17, 15) is 0 Å². The summed E-state index contributed by atoms with van der Waals surface area (Å²) in [5, 5.41) is 3.40. The lowest BCUT2D eigenvalue weighted by molar-refractivity contribution is 0.293. The number of nitrogens with one attached hydrogen (secondary N) is 1. The fraction of sp³-hybridized carbons (Fsp3) is 1.00. The van der Waals surface area contributed by atoms with Gasteiger partial charge < -0.3 is 11.1 Å². The van der Waals surface area contributed by atoms with E-state index in [0.717, 1.165) is 12.5 Å². The molecular formula is C9H20N2. The van der Waals surface area contributed by atoms with Crippen LogP contribution in [0.2, 0.25) is 0 Å². The molecule has 0 saturated heterocycles. The van der Waals surface area contributed by atoms with E-state index in [1.54, 1.807) is 0 Å². The zero-order valence-electron chi connectivity index (χ0n) is 7.69. The first-order chi connectivity index (χ1) is 5.08. The Kier molecular flexibility index (Phi) is 2.90. The second-order valence-electron chi connectivity index (χ2n) is 4.42. The smallest absolute Gasteiger partial charge is 0.0223 e. The predicted molar refractivity (Wildman–Crippen MR) is 48.5 cm³/mol. The molecule has 3 N–H and O–H groups in total. The molecule has 11 heavy (non-hydrogen) atoms. The zero-order chi connectivity index (χ0) is 8.32. The summed E-state index contributed by atoms with van der Waals surface area (Å²) in [6.45, 7) is 6.21. The van der Waals surface area contributed by atoms with Gasteiger partial charge >= 0.3 is 0 Å². The summed E-state index contributed by atoms with van der Waals surface area (Å²) in [6, 6.07) is 0. The summed E-state index contributed by atoms with van der Waals surface area (Å²) in [5.74, 6) is 0.942. The van der Waals surface area contributed by atoms with E-state index in [0.29, 0.717) is 0 Å². The molecule has 0 aromatic rings. The lowest BCUT2D eigenvalue weighted by Crippen LogP contribution is -2.44. The maximum atomic E-state index is 5.82. The third-order valence-corrected chi connectivity index (χ3v) is 2.24. The topological polar surface area (TPSA) is 38.0 Å². The van der Waals surface area contributed by atoms with Gasteiger partial charge in [0.15, 0.2) is 0 Å². The van der Waals surface area contributed by atoms with E-state index < -0.39 is 0 Å². The third kappa shape index (κ3) is 3.73. The summed E-state index contributed by atoms with van der Waals surface area (Å²) in [6.07, 6.45) is 4.26. The largest absolute Gasteiger partial charge is 0.324 e. The van der Waals surface area contributed by atoms with Crippen LogP contribution in [0.4, 0.5) is 0 Å². The van der Waals surface area contributed by atoms with Gasteiger partial charge in [0.1, 0.15) is 0 Å². The van der Waals surface area contributed by atoms with Gasteiger partial charge in [-0.15, -0.1) is 0 Å². The zero-order valence-corrected chi connectivity index (χ0v) is 7.69. The van der Waals surface area contributed by atoms with Gasteiger partial charge in [0.25, 0.3) is 0 Å². The SMILES string of the molecule is CC(C)(N)CNCC1CCC1. The normalized spacial score (nSPS) is 19.9. The van der Waals surface area contributed by atoms with Crippen LogP contribution in [0, 0.1) is 5.92 Å². The van der Waals surface area contributed by atoms with Crippen molar-refractivity contribution in [3.8, 4) is 0 Å². The van der Waals surface area contributed by atoms with E-state index in [4.69, 9.17) is 5.73 Å². The Morgan fingerprint density at radius 3 is 2.45 bits per heavy atom. The highest BCUT2D eigenvalue weighted by atomic mass is 14.9. The van der Waals surface area contributed by atoms with E-state index >= 15 is 0 Å². The molecule has 0 bridgehead atoms. The molecule has 1 aliphatic rings. The molecule has 0 radical (unpaired) electrons. The van der Waals surface area contributed by atoms with E-state index in [-0.39, 0.29) is 5.54 Å². The Bertz CT molecular complexity index is 111. The van der Waals surface area contributed by atoms with Crippen LogP contribution < -0.4 is 11.1 Å². The Balaban J connectivity index is 1.95. The summed E-state index contributed by atoms with van der Waals surface area (Å²) < 4.78 is 0. The van der Waals surface area contributed by atoms with Gasteiger partial charge in [-0.05, 0) is 39.2 Å². The van der Waals surface area contributed by atoms with Crippen molar-refractivity contribution in [1.82, 2.24) is 5.32 Å². The van der Waals surface area contributed by atoms with Crippen molar-refractivity contribution in [3.63, 3.8) is 0 Å². The van der Waals surface area contributed by atoms with E-state index in [1.165, 1.54) is 25.8 Å². The first-order valence-corrected chi connectivity index (χ1v) is 4.57. The molecule has 2 nitrogen and oxygen atoms in total. The highest BCUT2D eigenvalue weighted by Crippen LogP contribution is 2.25. The second-order valence-corrected chi connectivity index (χ2v) is 4.42. The molecule has 66 valence electrons.